The second-order valence-electron chi connectivity index (χ2n) is 2.23. The number of rotatable bonds is 1. The molecule has 64 valence electrons. The Bertz CT molecular complexity index is 166. The molecule has 1 heterocycles. The summed E-state index contributed by atoms with van der Waals surface area (Å²) in [6.07, 6.45) is 0.754. The molecule has 5 nitrogen and oxygen atoms in total. The third-order valence-electron chi connectivity index (χ3n) is 1.50. The molecule has 0 aromatic carbocycles. The molecule has 2 atom stereocenters. The zero-order chi connectivity index (χ0) is 8.43. The van der Waals surface area contributed by atoms with E-state index in [0.717, 1.165) is 0 Å². The van der Waals surface area contributed by atoms with Crippen LogP contribution in [-0.2, 0) is 4.79 Å². The molecule has 1 amide bonds. The molecule has 3 N–H and O–H groups in total. The summed E-state index contributed by atoms with van der Waals surface area (Å²) in [5.41, 5.74) is 5.12. The van der Waals surface area contributed by atoms with Crippen LogP contribution in [0, 0.1) is 0 Å². The Balaban J connectivity index is 2.59. The van der Waals surface area contributed by atoms with Crippen LogP contribution in [-0.4, -0.2) is 40.9 Å². The van der Waals surface area contributed by atoms with Crippen molar-refractivity contribution < 1.29 is 9.90 Å². The highest BCUT2D eigenvalue weighted by atomic mass is 32.2. The van der Waals surface area contributed by atoms with Gasteiger partial charge < -0.3 is 10.0 Å². The normalized spacial score (nSPS) is 32.6. The van der Waals surface area contributed by atoms with Crippen molar-refractivity contribution in [1.29, 1.82) is 0 Å². The topological polar surface area (TPSA) is 64.6 Å². The third-order valence-corrected chi connectivity index (χ3v) is 2.38. The van der Waals surface area contributed by atoms with Crippen molar-refractivity contribution in [2.75, 3.05) is 13.3 Å². The molecule has 0 aromatic heterocycles. The largest absolute Gasteiger partial charge is 0.369 e. The predicted octanol–water partition coefficient (Wildman–Crippen LogP) is -1.48. The minimum atomic E-state index is -1.12. The molecule has 11 heavy (non-hydrogen) atoms. The number of aliphatic hydroxyl groups is 1. The number of hydrogen-bond donors (Lipinski definition) is 3. The lowest BCUT2D eigenvalue weighted by molar-refractivity contribution is -0.147. The van der Waals surface area contributed by atoms with Crippen LogP contribution in [0.3, 0.4) is 0 Å². The van der Waals surface area contributed by atoms with Gasteiger partial charge in [-0.3, -0.25) is 4.79 Å². The van der Waals surface area contributed by atoms with Crippen molar-refractivity contribution in [3.05, 3.63) is 0 Å². The first-order valence-electron chi connectivity index (χ1n) is 3.15. The molecule has 1 rings (SSSR count). The Hall–Kier alpha value is -0.300. The monoisotopic (exact) mass is 177 g/mol. The smallest absolute Gasteiger partial charge is 0.269 e. The van der Waals surface area contributed by atoms with E-state index in [4.69, 9.17) is 5.11 Å². The zero-order valence-electron chi connectivity index (χ0n) is 6.37. The lowest BCUT2D eigenvalue weighted by Crippen LogP contribution is -2.64. The summed E-state index contributed by atoms with van der Waals surface area (Å²) in [5.74, 6) is -0.317. The van der Waals surface area contributed by atoms with Crippen LogP contribution in [0.25, 0.3) is 0 Å². The van der Waals surface area contributed by atoms with Crippen molar-refractivity contribution in [3.8, 4) is 0 Å². The standard InChI is InChI=1S/C5H11N3O2S/c1-8-4(10)3(9)6-7-5(8)11-2/h3,5-7,9H,1-2H3. The lowest BCUT2D eigenvalue weighted by atomic mass is 10.4. The van der Waals surface area contributed by atoms with Crippen molar-refractivity contribution >= 4 is 17.7 Å². The Morgan fingerprint density at radius 1 is 1.64 bits per heavy atom. The fourth-order valence-corrected chi connectivity index (χ4v) is 1.44. The summed E-state index contributed by atoms with van der Waals surface area (Å²) in [7, 11) is 1.64. The predicted molar refractivity (Wildman–Crippen MR) is 42.4 cm³/mol. The van der Waals surface area contributed by atoms with Gasteiger partial charge in [-0.2, -0.15) is 0 Å². The second kappa shape index (κ2) is 3.40. The molecule has 6 heteroatoms. The quantitative estimate of drug-likeness (QED) is 0.456. The van der Waals surface area contributed by atoms with Crippen molar-refractivity contribution in [2.24, 2.45) is 0 Å². The minimum Gasteiger partial charge on any atom is -0.369 e. The number of hydrazine groups is 1. The molecule has 1 saturated heterocycles. The molecule has 0 radical (unpaired) electrons. The number of likely N-dealkylation sites (N-methyl/N-ethyl adjacent to an activating group) is 1. The van der Waals surface area contributed by atoms with Crippen LogP contribution in [0.15, 0.2) is 0 Å². The number of thioether (sulfide) groups is 1. The van der Waals surface area contributed by atoms with E-state index in [2.05, 4.69) is 10.9 Å². The van der Waals surface area contributed by atoms with E-state index < -0.39 is 6.23 Å². The van der Waals surface area contributed by atoms with Crippen molar-refractivity contribution in [3.63, 3.8) is 0 Å². The molecule has 0 aliphatic carbocycles. The zero-order valence-corrected chi connectivity index (χ0v) is 7.18. The van der Waals surface area contributed by atoms with E-state index in [1.54, 1.807) is 7.05 Å². The van der Waals surface area contributed by atoms with Gasteiger partial charge in [-0.25, -0.2) is 10.9 Å². The first-order valence-corrected chi connectivity index (χ1v) is 4.44. The molecule has 1 aliphatic heterocycles. The number of amides is 1. The summed E-state index contributed by atoms with van der Waals surface area (Å²) in [4.78, 5) is 12.5. The van der Waals surface area contributed by atoms with Crippen molar-refractivity contribution in [2.45, 2.75) is 11.7 Å². The van der Waals surface area contributed by atoms with Gasteiger partial charge in [0.25, 0.3) is 5.91 Å². The summed E-state index contributed by atoms with van der Waals surface area (Å²) in [6.45, 7) is 0. The number of aliphatic hydroxyl groups excluding tert-OH is 1. The highest BCUT2D eigenvalue weighted by Gasteiger charge is 2.29. The molecule has 1 aliphatic rings. The van der Waals surface area contributed by atoms with E-state index >= 15 is 0 Å². The van der Waals surface area contributed by atoms with Crippen LogP contribution in [0.5, 0.6) is 0 Å². The highest BCUT2D eigenvalue weighted by Crippen LogP contribution is 2.10. The number of nitrogens with zero attached hydrogens (tertiary/aromatic N) is 1. The number of hydrogen-bond acceptors (Lipinski definition) is 5. The van der Waals surface area contributed by atoms with Crippen LogP contribution in [0.4, 0.5) is 0 Å². The maximum Gasteiger partial charge on any atom is 0.269 e. The molecular weight excluding hydrogens is 166 g/mol. The van der Waals surface area contributed by atoms with E-state index in [1.165, 1.54) is 16.7 Å². The van der Waals surface area contributed by atoms with Crippen LogP contribution < -0.4 is 10.9 Å². The van der Waals surface area contributed by atoms with E-state index in [1.807, 2.05) is 6.26 Å². The average Bonchev–Trinajstić information content (AvgIpc) is 2.01. The van der Waals surface area contributed by atoms with Crippen molar-refractivity contribution in [1.82, 2.24) is 15.8 Å². The van der Waals surface area contributed by atoms with Crippen LogP contribution in [0.2, 0.25) is 0 Å². The van der Waals surface area contributed by atoms with Gasteiger partial charge in [-0.1, -0.05) is 0 Å². The van der Waals surface area contributed by atoms with Gasteiger partial charge in [0.2, 0.25) is 0 Å². The molecule has 2 unspecified atom stereocenters. The van der Waals surface area contributed by atoms with Gasteiger partial charge in [0.05, 0.1) is 0 Å². The van der Waals surface area contributed by atoms with Gasteiger partial charge >= 0.3 is 0 Å². The molecule has 0 aromatic rings. The van der Waals surface area contributed by atoms with E-state index in [9.17, 15) is 4.79 Å². The SMILES string of the molecule is CSC1NNC(O)C(=O)N1C. The van der Waals surface area contributed by atoms with Gasteiger partial charge in [0, 0.05) is 7.05 Å². The number of carbonyl (C=O) groups is 1. The molecule has 0 bridgehead atoms. The van der Waals surface area contributed by atoms with E-state index in [-0.39, 0.29) is 11.4 Å². The Labute approximate surface area is 69.1 Å². The first kappa shape index (κ1) is 8.79. The lowest BCUT2D eigenvalue weighted by Gasteiger charge is -2.34. The first-order chi connectivity index (χ1) is 5.16. The summed E-state index contributed by atoms with van der Waals surface area (Å²) in [6, 6.07) is 0. The Morgan fingerprint density at radius 3 is 2.82 bits per heavy atom. The van der Waals surface area contributed by atoms with Gasteiger partial charge in [-0.05, 0) is 6.26 Å². The van der Waals surface area contributed by atoms with Crippen LogP contribution in [0.1, 0.15) is 0 Å². The maximum atomic E-state index is 11.1. The molecule has 1 fully saturated rings. The molecular formula is C5H11N3O2S. The Kier molecular flexibility index (Phi) is 2.72. The summed E-state index contributed by atoms with van der Waals surface area (Å²) >= 11 is 1.48. The minimum absolute atomic E-state index is 0.106. The summed E-state index contributed by atoms with van der Waals surface area (Å²) in [5, 5.41) is 8.99. The van der Waals surface area contributed by atoms with Gasteiger partial charge in [-0.15, -0.1) is 11.8 Å². The Morgan fingerprint density at radius 2 is 2.27 bits per heavy atom. The maximum absolute atomic E-state index is 11.1. The number of nitrogens with one attached hydrogen (secondary N) is 2. The second-order valence-corrected chi connectivity index (χ2v) is 3.15. The van der Waals surface area contributed by atoms with Gasteiger partial charge in [0.15, 0.2) is 6.23 Å². The summed E-state index contributed by atoms with van der Waals surface area (Å²) < 4.78 is 0. The highest BCUT2D eigenvalue weighted by molar-refractivity contribution is 7.99. The molecule has 0 spiro atoms. The van der Waals surface area contributed by atoms with E-state index in [0.29, 0.717) is 0 Å². The van der Waals surface area contributed by atoms with Crippen LogP contribution >= 0.6 is 11.8 Å². The van der Waals surface area contributed by atoms with Gasteiger partial charge in [0.1, 0.15) is 5.50 Å². The third kappa shape index (κ3) is 1.64. The fraction of sp³-hybridized carbons (Fsp3) is 0.800. The fourth-order valence-electron chi connectivity index (χ4n) is 0.834. The number of carbonyl (C=O) groups excluding carboxylic acids is 1. The molecule has 0 saturated carbocycles. The average molecular weight is 177 g/mol.